The molecule has 90 valence electrons. The highest BCUT2D eigenvalue weighted by Gasteiger charge is 2.33. The van der Waals surface area contributed by atoms with Crippen LogP contribution in [0.15, 0.2) is 24.3 Å². The molecule has 1 aromatic carbocycles. The average molecular weight is 231 g/mol. The van der Waals surface area contributed by atoms with Crippen molar-refractivity contribution in [3.8, 4) is 0 Å². The van der Waals surface area contributed by atoms with Crippen LogP contribution in [0.1, 0.15) is 24.8 Å². The normalized spacial score (nSPS) is 21.2. The summed E-state index contributed by atoms with van der Waals surface area (Å²) in [5, 5.41) is 9.99. The standard InChI is InChI=1S/C14H17NO2/c16-13(11-5-6-11)9-15-12-4-2-1-3-10(12)7-8-14(15)17/h1-4,11,13,16H,5-9H2. The van der Waals surface area contributed by atoms with E-state index >= 15 is 0 Å². The molecule has 1 N–H and O–H groups in total. The number of carbonyl (C=O) groups is 1. The molecule has 3 nitrogen and oxygen atoms in total. The van der Waals surface area contributed by atoms with Gasteiger partial charge in [-0.25, -0.2) is 0 Å². The number of fused-ring (bicyclic) bond motifs is 1. The molecule has 1 aliphatic carbocycles. The summed E-state index contributed by atoms with van der Waals surface area (Å²) in [5.74, 6) is 0.556. The number of nitrogens with zero attached hydrogens (tertiary/aromatic N) is 1. The lowest BCUT2D eigenvalue weighted by atomic mass is 10.0. The molecule has 3 heteroatoms. The maximum atomic E-state index is 12.0. The number of carbonyl (C=O) groups excluding carboxylic acids is 1. The number of β-amino-alcohol motifs (C(OH)–C–C–N with tert-alkyl or cyclic N) is 1. The molecule has 0 aromatic heterocycles. The number of amides is 1. The van der Waals surface area contributed by atoms with Gasteiger partial charge in [0, 0.05) is 12.1 Å². The second-order valence-electron chi connectivity index (χ2n) is 5.04. The number of anilines is 1. The molecule has 3 rings (SSSR count). The fourth-order valence-corrected chi connectivity index (χ4v) is 2.51. The molecule has 1 atom stereocenters. The van der Waals surface area contributed by atoms with Gasteiger partial charge in [0.25, 0.3) is 0 Å². The van der Waals surface area contributed by atoms with Gasteiger partial charge in [-0.05, 0) is 36.8 Å². The van der Waals surface area contributed by atoms with Crippen LogP contribution in [0.3, 0.4) is 0 Å². The number of aliphatic hydroxyl groups excluding tert-OH is 1. The fourth-order valence-electron chi connectivity index (χ4n) is 2.51. The zero-order chi connectivity index (χ0) is 11.8. The minimum Gasteiger partial charge on any atom is -0.391 e. The zero-order valence-corrected chi connectivity index (χ0v) is 9.80. The summed E-state index contributed by atoms with van der Waals surface area (Å²) in [7, 11) is 0. The molecule has 1 aromatic rings. The predicted octanol–water partition coefficient (Wildman–Crippen LogP) is 1.74. The second-order valence-corrected chi connectivity index (χ2v) is 5.04. The van der Waals surface area contributed by atoms with Crippen LogP contribution in [-0.2, 0) is 11.2 Å². The maximum absolute atomic E-state index is 12.0. The summed E-state index contributed by atoms with van der Waals surface area (Å²) in [5.41, 5.74) is 2.21. The van der Waals surface area contributed by atoms with E-state index in [4.69, 9.17) is 0 Å². The van der Waals surface area contributed by atoms with E-state index in [9.17, 15) is 9.90 Å². The van der Waals surface area contributed by atoms with E-state index in [1.807, 2.05) is 18.2 Å². The number of hydrogen-bond acceptors (Lipinski definition) is 2. The SMILES string of the molecule is O=C1CCc2ccccc2N1CC(O)C1CC1. The number of benzene rings is 1. The summed E-state index contributed by atoms with van der Waals surface area (Å²) < 4.78 is 0. The van der Waals surface area contributed by atoms with Crippen molar-refractivity contribution in [3.05, 3.63) is 29.8 Å². The molecule has 0 bridgehead atoms. The van der Waals surface area contributed by atoms with E-state index in [1.54, 1.807) is 4.90 Å². The van der Waals surface area contributed by atoms with Crippen molar-refractivity contribution in [2.24, 2.45) is 5.92 Å². The zero-order valence-electron chi connectivity index (χ0n) is 9.80. The Morgan fingerprint density at radius 2 is 2.06 bits per heavy atom. The van der Waals surface area contributed by atoms with Crippen molar-refractivity contribution in [1.29, 1.82) is 0 Å². The lowest BCUT2D eigenvalue weighted by Gasteiger charge is -2.31. The minimum atomic E-state index is -0.356. The summed E-state index contributed by atoms with van der Waals surface area (Å²) >= 11 is 0. The number of rotatable bonds is 3. The lowest BCUT2D eigenvalue weighted by Crippen LogP contribution is -2.41. The van der Waals surface area contributed by atoms with Gasteiger partial charge in [0.1, 0.15) is 0 Å². The number of aliphatic hydroxyl groups is 1. The van der Waals surface area contributed by atoms with Crippen LogP contribution in [0.2, 0.25) is 0 Å². The third-order valence-corrected chi connectivity index (χ3v) is 3.73. The van der Waals surface area contributed by atoms with Gasteiger partial charge in [0.15, 0.2) is 0 Å². The largest absolute Gasteiger partial charge is 0.391 e. The van der Waals surface area contributed by atoms with Crippen molar-refractivity contribution in [2.45, 2.75) is 31.8 Å². The third kappa shape index (κ3) is 2.07. The van der Waals surface area contributed by atoms with Crippen LogP contribution in [0, 0.1) is 5.92 Å². The van der Waals surface area contributed by atoms with Crippen molar-refractivity contribution in [1.82, 2.24) is 0 Å². The van der Waals surface area contributed by atoms with Gasteiger partial charge in [-0.2, -0.15) is 0 Å². The average Bonchev–Trinajstić information content (AvgIpc) is 3.17. The Balaban J connectivity index is 1.84. The molecule has 1 unspecified atom stereocenters. The molecule has 1 fully saturated rings. The van der Waals surface area contributed by atoms with Crippen molar-refractivity contribution < 1.29 is 9.90 Å². The highest BCUT2D eigenvalue weighted by molar-refractivity contribution is 5.96. The molecule has 1 heterocycles. The number of para-hydroxylation sites is 1. The first-order chi connectivity index (χ1) is 8.25. The van der Waals surface area contributed by atoms with Gasteiger partial charge < -0.3 is 10.0 Å². The summed E-state index contributed by atoms with van der Waals surface area (Å²) in [6.07, 6.45) is 3.24. The Morgan fingerprint density at radius 3 is 2.82 bits per heavy atom. The fraction of sp³-hybridized carbons (Fsp3) is 0.500. The van der Waals surface area contributed by atoms with Crippen LogP contribution in [0.4, 0.5) is 5.69 Å². The monoisotopic (exact) mass is 231 g/mol. The third-order valence-electron chi connectivity index (χ3n) is 3.73. The lowest BCUT2D eigenvalue weighted by molar-refractivity contribution is -0.119. The van der Waals surface area contributed by atoms with Gasteiger partial charge in [0.2, 0.25) is 5.91 Å². The van der Waals surface area contributed by atoms with E-state index < -0.39 is 0 Å². The minimum absolute atomic E-state index is 0.142. The summed E-state index contributed by atoms with van der Waals surface area (Å²) in [6, 6.07) is 8.00. The summed E-state index contributed by atoms with van der Waals surface area (Å²) in [4.78, 5) is 13.7. The van der Waals surface area contributed by atoms with Crippen LogP contribution in [-0.4, -0.2) is 23.7 Å². The van der Waals surface area contributed by atoms with E-state index in [-0.39, 0.29) is 12.0 Å². The first-order valence-corrected chi connectivity index (χ1v) is 6.32. The maximum Gasteiger partial charge on any atom is 0.227 e. The molecule has 2 aliphatic rings. The van der Waals surface area contributed by atoms with Crippen LogP contribution in [0.5, 0.6) is 0 Å². The Labute approximate surface area is 101 Å². The first kappa shape index (κ1) is 10.8. The van der Waals surface area contributed by atoms with Crippen molar-refractivity contribution >= 4 is 11.6 Å². The van der Waals surface area contributed by atoms with Gasteiger partial charge in [0.05, 0.1) is 12.6 Å². The number of hydrogen-bond donors (Lipinski definition) is 1. The molecule has 17 heavy (non-hydrogen) atoms. The van der Waals surface area contributed by atoms with E-state index in [2.05, 4.69) is 6.07 Å². The Bertz CT molecular complexity index is 440. The van der Waals surface area contributed by atoms with Gasteiger partial charge >= 0.3 is 0 Å². The van der Waals surface area contributed by atoms with Crippen LogP contribution in [0.25, 0.3) is 0 Å². The molecule has 0 saturated heterocycles. The Kier molecular flexibility index (Phi) is 2.63. The van der Waals surface area contributed by atoms with E-state index in [1.165, 1.54) is 5.56 Å². The van der Waals surface area contributed by atoms with Gasteiger partial charge in [-0.3, -0.25) is 4.79 Å². The van der Waals surface area contributed by atoms with Crippen molar-refractivity contribution in [2.75, 3.05) is 11.4 Å². The van der Waals surface area contributed by atoms with Crippen molar-refractivity contribution in [3.63, 3.8) is 0 Å². The highest BCUT2D eigenvalue weighted by Crippen LogP contribution is 2.35. The first-order valence-electron chi connectivity index (χ1n) is 6.32. The highest BCUT2D eigenvalue weighted by atomic mass is 16.3. The topological polar surface area (TPSA) is 40.5 Å². The Hall–Kier alpha value is -1.35. The van der Waals surface area contributed by atoms with Gasteiger partial charge in [-0.15, -0.1) is 0 Å². The molecule has 0 spiro atoms. The molecule has 0 radical (unpaired) electrons. The van der Waals surface area contributed by atoms with Crippen LogP contribution < -0.4 is 4.90 Å². The Morgan fingerprint density at radius 1 is 1.29 bits per heavy atom. The van der Waals surface area contributed by atoms with Gasteiger partial charge in [-0.1, -0.05) is 18.2 Å². The molecular formula is C14H17NO2. The second kappa shape index (κ2) is 4.15. The quantitative estimate of drug-likeness (QED) is 0.860. The summed E-state index contributed by atoms with van der Waals surface area (Å²) in [6.45, 7) is 0.459. The smallest absolute Gasteiger partial charge is 0.227 e. The van der Waals surface area contributed by atoms with E-state index in [0.717, 1.165) is 24.9 Å². The van der Waals surface area contributed by atoms with E-state index in [0.29, 0.717) is 18.9 Å². The number of aryl methyl sites for hydroxylation is 1. The molecule has 1 amide bonds. The molecule has 1 saturated carbocycles. The van der Waals surface area contributed by atoms with Crippen LogP contribution >= 0.6 is 0 Å². The molecule has 1 aliphatic heterocycles. The predicted molar refractivity (Wildman–Crippen MR) is 65.8 cm³/mol. The molecular weight excluding hydrogens is 214 g/mol.